The zero-order chi connectivity index (χ0) is 24.1. The lowest BCUT2D eigenvalue weighted by molar-refractivity contribution is -0.108. The molecule has 1 unspecified atom stereocenters. The Labute approximate surface area is 192 Å². The number of anilines is 1. The molecule has 1 atom stereocenters. The summed E-state index contributed by atoms with van der Waals surface area (Å²) in [6.07, 6.45) is -5.09. The number of rotatable bonds is 11. The molecule has 0 bridgehead atoms. The average molecular weight is 505 g/mol. The van der Waals surface area contributed by atoms with Crippen LogP contribution in [0.2, 0.25) is 0 Å². The maximum absolute atomic E-state index is 12.3. The molecule has 0 saturated heterocycles. The Balaban J connectivity index is 1.72. The van der Waals surface area contributed by atoms with Crippen LogP contribution in [-0.4, -0.2) is 56.3 Å². The van der Waals surface area contributed by atoms with E-state index in [0.29, 0.717) is 28.5 Å². The molecule has 3 aromatic rings. The Morgan fingerprint density at radius 1 is 1.24 bits per heavy atom. The van der Waals surface area contributed by atoms with Crippen molar-refractivity contribution in [2.75, 3.05) is 31.5 Å². The number of imidazole rings is 1. The Bertz CT molecular complexity index is 1140. The number of benzene rings is 1. The van der Waals surface area contributed by atoms with Crippen LogP contribution in [0.3, 0.4) is 0 Å². The van der Waals surface area contributed by atoms with Crippen molar-refractivity contribution in [1.29, 1.82) is 0 Å². The van der Waals surface area contributed by atoms with Crippen LogP contribution in [0.15, 0.2) is 40.5 Å². The van der Waals surface area contributed by atoms with Gasteiger partial charge in [0.15, 0.2) is 5.65 Å². The molecule has 0 radical (unpaired) electrons. The van der Waals surface area contributed by atoms with Gasteiger partial charge in [0, 0.05) is 6.54 Å². The van der Waals surface area contributed by atoms with Gasteiger partial charge in [0.25, 0.3) is 0 Å². The third-order valence-corrected chi connectivity index (χ3v) is 6.64. The molecule has 3 rings (SSSR count). The zero-order valence-corrected chi connectivity index (χ0v) is 19.4. The summed E-state index contributed by atoms with van der Waals surface area (Å²) >= 11 is 1.32. The van der Waals surface area contributed by atoms with Gasteiger partial charge in [0.05, 0.1) is 24.4 Å². The molecule has 2 heterocycles. The van der Waals surface area contributed by atoms with Crippen molar-refractivity contribution < 1.29 is 32.1 Å². The van der Waals surface area contributed by atoms with E-state index in [2.05, 4.69) is 15.0 Å². The first-order valence-corrected chi connectivity index (χ1v) is 12.8. The van der Waals surface area contributed by atoms with Crippen LogP contribution in [0.1, 0.15) is 13.3 Å². The molecule has 0 spiro atoms. The van der Waals surface area contributed by atoms with E-state index < -0.39 is 26.1 Å². The first kappa shape index (κ1) is 25.3. The first-order chi connectivity index (χ1) is 15.6. The highest BCUT2D eigenvalue weighted by Gasteiger charge is 2.38. The predicted molar refractivity (Wildman–Crippen MR) is 118 cm³/mol. The van der Waals surface area contributed by atoms with E-state index in [9.17, 15) is 22.6 Å². The van der Waals surface area contributed by atoms with Crippen molar-refractivity contribution in [2.45, 2.75) is 36.0 Å². The molecule has 0 fully saturated rings. The number of nitrogen functional groups attached to an aromatic ring is 1. The molecule has 2 aromatic heterocycles. The highest BCUT2D eigenvalue weighted by atomic mass is 32.2. The second-order valence-corrected chi connectivity index (χ2v) is 10.3. The number of hydrogen-bond acceptors (Lipinski definition) is 8. The van der Waals surface area contributed by atoms with E-state index >= 15 is 0 Å². The van der Waals surface area contributed by atoms with Gasteiger partial charge < -0.3 is 24.7 Å². The van der Waals surface area contributed by atoms with Crippen molar-refractivity contribution in [1.82, 2.24) is 19.5 Å². The summed E-state index contributed by atoms with van der Waals surface area (Å²) in [5.41, 5.74) is 6.76. The number of alkyl halides is 3. The molecule has 14 heteroatoms. The lowest BCUT2D eigenvalue weighted by atomic mass is 10.3. The van der Waals surface area contributed by atoms with Gasteiger partial charge in [-0.05, 0) is 18.6 Å². The van der Waals surface area contributed by atoms with E-state index in [-0.39, 0.29) is 19.1 Å². The number of nitrogens with two attached hydrogens (primary N) is 1. The maximum atomic E-state index is 12.3. The molecule has 33 heavy (non-hydrogen) atoms. The minimum absolute atomic E-state index is 0.0182. The topological polar surface area (TPSA) is 125 Å². The van der Waals surface area contributed by atoms with Gasteiger partial charge >= 0.3 is 6.18 Å². The Hall–Kier alpha value is -2.34. The van der Waals surface area contributed by atoms with Gasteiger partial charge in [-0.1, -0.05) is 30.8 Å². The van der Waals surface area contributed by atoms with Crippen LogP contribution in [0, 0.1) is 0 Å². The van der Waals surface area contributed by atoms with Gasteiger partial charge in [-0.3, -0.25) is 4.57 Å². The van der Waals surface area contributed by atoms with Gasteiger partial charge in [0.2, 0.25) is 13.3 Å². The van der Waals surface area contributed by atoms with Crippen molar-refractivity contribution in [3.63, 3.8) is 0 Å². The van der Waals surface area contributed by atoms with Crippen molar-refractivity contribution in [3.8, 4) is 5.75 Å². The molecule has 1 aromatic carbocycles. The second-order valence-electron chi connectivity index (χ2n) is 7.05. The highest BCUT2D eigenvalue weighted by molar-refractivity contribution is 7.99. The first-order valence-electron chi connectivity index (χ1n) is 9.91. The monoisotopic (exact) mass is 505 g/mol. The molecule has 0 amide bonds. The third kappa shape index (κ3) is 7.32. The van der Waals surface area contributed by atoms with Crippen molar-refractivity contribution in [2.24, 2.45) is 0 Å². The minimum atomic E-state index is -4.74. The van der Waals surface area contributed by atoms with Crippen molar-refractivity contribution in [3.05, 3.63) is 30.6 Å². The second kappa shape index (κ2) is 10.7. The fraction of sp³-hybridized carbons (Fsp3) is 0.421. The molecular weight excluding hydrogens is 482 g/mol. The number of para-hydroxylation sites is 1. The quantitative estimate of drug-likeness (QED) is 0.224. The zero-order valence-electron chi connectivity index (χ0n) is 17.7. The molecule has 0 saturated carbocycles. The molecule has 0 aliphatic heterocycles. The maximum Gasteiger partial charge on any atom is 0.398 e. The molecule has 0 aliphatic carbocycles. The summed E-state index contributed by atoms with van der Waals surface area (Å²) in [5.74, 6) is 0.722. The van der Waals surface area contributed by atoms with Crippen LogP contribution < -0.4 is 10.5 Å². The molecule has 0 aliphatic rings. The summed E-state index contributed by atoms with van der Waals surface area (Å²) in [5, 5.41) is 0.509. The van der Waals surface area contributed by atoms with Gasteiger partial charge in [0.1, 0.15) is 28.8 Å². The highest BCUT2D eigenvalue weighted by Crippen LogP contribution is 2.45. The summed E-state index contributed by atoms with van der Waals surface area (Å²) < 4.78 is 61.0. The number of halogens is 3. The molecule has 180 valence electrons. The van der Waals surface area contributed by atoms with Crippen LogP contribution in [0.5, 0.6) is 5.75 Å². The van der Waals surface area contributed by atoms with E-state index in [1.165, 1.54) is 18.1 Å². The predicted octanol–water partition coefficient (Wildman–Crippen LogP) is 4.16. The number of fused-ring (bicyclic) bond motifs is 1. The van der Waals surface area contributed by atoms with Gasteiger partial charge in [-0.15, -0.1) is 0 Å². The normalized spacial score (nSPS) is 13.8. The lowest BCUT2D eigenvalue weighted by Gasteiger charge is -2.14. The minimum Gasteiger partial charge on any atom is -0.492 e. The Kier molecular flexibility index (Phi) is 8.22. The Morgan fingerprint density at radius 3 is 2.73 bits per heavy atom. The summed E-state index contributed by atoms with van der Waals surface area (Å²) in [4.78, 5) is 23.1. The van der Waals surface area contributed by atoms with E-state index in [0.717, 1.165) is 11.3 Å². The van der Waals surface area contributed by atoms with Crippen LogP contribution >= 0.6 is 19.1 Å². The van der Waals surface area contributed by atoms with E-state index in [4.69, 9.17) is 15.2 Å². The fourth-order valence-electron chi connectivity index (χ4n) is 2.83. The smallest absolute Gasteiger partial charge is 0.398 e. The summed E-state index contributed by atoms with van der Waals surface area (Å²) in [6, 6.07) is 7.48. The molecular formula is C19H23F3N5O4PS. The van der Waals surface area contributed by atoms with E-state index in [1.54, 1.807) is 4.57 Å². The largest absolute Gasteiger partial charge is 0.492 e. The summed E-state index contributed by atoms with van der Waals surface area (Å²) in [6.45, 7) is 2.60. The standard InChI is InChI=1S/C19H23F3N5O4PS/c1-2-8-31-13-5-3-4-6-14(13)33-17-15-16(25-18(23)26-17)27(11-24-15)7-9-30-12-32(28,29)10-19(20,21)22/h3-6,11H,2,7-10,12H2,1H3,(H,28,29)(H2,23,25,26). The Morgan fingerprint density at radius 2 is 2.00 bits per heavy atom. The van der Waals surface area contributed by atoms with Crippen LogP contribution in [0.25, 0.3) is 11.2 Å². The average Bonchev–Trinajstić information content (AvgIpc) is 3.11. The van der Waals surface area contributed by atoms with Crippen LogP contribution in [-0.2, 0) is 15.8 Å². The number of nitrogens with zero attached hydrogens (tertiary/aromatic N) is 4. The van der Waals surface area contributed by atoms with E-state index in [1.807, 2.05) is 31.2 Å². The molecule has 9 nitrogen and oxygen atoms in total. The fourth-order valence-corrected chi connectivity index (χ4v) is 4.86. The number of hydrogen-bond donors (Lipinski definition) is 2. The summed E-state index contributed by atoms with van der Waals surface area (Å²) in [7, 11) is -4.47. The van der Waals surface area contributed by atoms with Gasteiger partial charge in [-0.2, -0.15) is 18.2 Å². The lowest BCUT2D eigenvalue weighted by Crippen LogP contribution is -2.17. The van der Waals surface area contributed by atoms with Crippen LogP contribution in [0.4, 0.5) is 19.1 Å². The van der Waals surface area contributed by atoms with Crippen molar-refractivity contribution >= 4 is 36.2 Å². The molecule has 3 N–H and O–H groups in total. The third-order valence-electron chi connectivity index (χ3n) is 4.16. The number of aromatic nitrogens is 4. The van der Waals surface area contributed by atoms with Gasteiger partial charge in [-0.25, -0.2) is 9.97 Å². The number of ether oxygens (including phenoxy) is 2. The SMILES string of the molecule is CCCOc1ccccc1Sc1nc(N)nc2c1ncn2CCOCP(=O)(O)CC(F)(F)F.